The average Bonchev–Trinajstić information content (AvgIpc) is 2.75. The Labute approximate surface area is 183 Å². The number of halogens is 3. The van der Waals surface area contributed by atoms with Gasteiger partial charge in [0.25, 0.3) is 0 Å². The van der Waals surface area contributed by atoms with Gasteiger partial charge in [-0.15, -0.1) is 0 Å². The lowest BCUT2D eigenvalue weighted by atomic mass is 10.00. The van der Waals surface area contributed by atoms with E-state index < -0.39 is 27.3 Å². The number of carbonyl (C=O) groups excluding carboxylic acids is 1. The number of nitrogens with one attached hydrogen (secondary N) is 1. The van der Waals surface area contributed by atoms with Gasteiger partial charge in [0.1, 0.15) is 5.75 Å². The minimum atomic E-state index is -5.75. The first kappa shape index (κ1) is 23.3. The number of hydrogen-bond donors (Lipinski definition) is 1. The molecule has 0 spiro atoms. The lowest BCUT2D eigenvalue weighted by Gasteiger charge is -2.14. The smallest absolute Gasteiger partial charge is 0.376 e. The van der Waals surface area contributed by atoms with Gasteiger partial charge in [0.2, 0.25) is 5.91 Å². The molecule has 0 radical (unpaired) electrons. The van der Waals surface area contributed by atoms with Gasteiger partial charge in [0.15, 0.2) is 0 Å². The average molecular weight is 464 g/mol. The van der Waals surface area contributed by atoms with E-state index in [4.69, 9.17) is 0 Å². The van der Waals surface area contributed by atoms with Gasteiger partial charge in [-0.1, -0.05) is 24.3 Å². The summed E-state index contributed by atoms with van der Waals surface area (Å²) < 4.78 is 63.4. The topological polar surface area (TPSA) is 85.4 Å². The van der Waals surface area contributed by atoms with Crippen LogP contribution < -0.4 is 9.50 Å². The molecule has 168 valence electrons. The fourth-order valence-electron chi connectivity index (χ4n) is 2.83. The predicted octanol–water partition coefficient (Wildman–Crippen LogP) is 4.64. The van der Waals surface area contributed by atoms with Gasteiger partial charge >= 0.3 is 15.6 Å². The molecule has 1 N–H and O–H groups in total. The number of anilines is 1. The monoisotopic (exact) mass is 464 g/mol. The molecule has 0 bridgehead atoms. The van der Waals surface area contributed by atoms with Crippen molar-refractivity contribution in [1.82, 2.24) is 4.98 Å². The predicted molar refractivity (Wildman–Crippen MR) is 113 cm³/mol. The minimum absolute atomic E-state index is 0.330. The molecule has 0 fully saturated rings. The molecule has 6 nitrogen and oxygen atoms in total. The van der Waals surface area contributed by atoms with Crippen molar-refractivity contribution in [3.8, 4) is 5.75 Å². The number of rotatable bonds is 7. The summed E-state index contributed by atoms with van der Waals surface area (Å²) in [6.07, 6.45) is 4.17. The van der Waals surface area contributed by atoms with E-state index in [1.807, 2.05) is 24.3 Å². The molecule has 3 aromatic rings. The summed E-state index contributed by atoms with van der Waals surface area (Å²) in [5.41, 5.74) is -2.27. The van der Waals surface area contributed by atoms with Crippen LogP contribution in [0.1, 0.15) is 29.5 Å². The number of carbonyl (C=O) groups is 1. The summed E-state index contributed by atoms with van der Waals surface area (Å²) in [4.78, 5) is 16.5. The van der Waals surface area contributed by atoms with Crippen molar-refractivity contribution in [2.75, 3.05) is 5.32 Å². The quantitative estimate of drug-likeness (QED) is 0.407. The highest BCUT2D eigenvalue weighted by atomic mass is 32.2. The van der Waals surface area contributed by atoms with E-state index in [-0.39, 0.29) is 5.91 Å². The second kappa shape index (κ2) is 9.39. The lowest BCUT2D eigenvalue weighted by Crippen LogP contribution is -2.28. The van der Waals surface area contributed by atoms with Crippen molar-refractivity contribution < 1.29 is 30.6 Å². The summed E-state index contributed by atoms with van der Waals surface area (Å²) in [6, 6.07) is 16.0. The van der Waals surface area contributed by atoms with Gasteiger partial charge in [-0.3, -0.25) is 9.78 Å². The van der Waals surface area contributed by atoms with E-state index in [0.717, 1.165) is 29.7 Å². The molecular weight excluding hydrogens is 445 g/mol. The standard InChI is InChI=1S/C22H19F3N2O4S/c1-15(18-4-8-20(9-5-18)31-32(29,30)22(23,24)25)21(28)27-19-6-2-16(3-7-19)14-17-10-12-26-13-11-17/h2-13,15H,14H2,1H3,(H,27,28). The third kappa shape index (κ3) is 5.85. The number of alkyl halides is 3. The minimum Gasteiger partial charge on any atom is -0.376 e. The number of nitrogens with zero attached hydrogens (tertiary/aromatic N) is 1. The summed E-state index contributed by atoms with van der Waals surface area (Å²) in [5, 5.41) is 2.78. The molecule has 1 heterocycles. The highest BCUT2D eigenvalue weighted by molar-refractivity contribution is 7.88. The Morgan fingerprint density at radius 1 is 0.969 bits per heavy atom. The van der Waals surface area contributed by atoms with E-state index >= 15 is 0 Å². The number of amides is 1. The Hall–Kier alpha value is -3.40. The number of pyridine rings is 1. The van der Waals surface area contributed by atoms with Gasteiger partial charge in [-0.2, -0.15) is 21.6 Å². The van der Waals surface area contributed by atoms with Crippen molar-refractivity contribution >= 4 is 21.7 Å². The molecule has 0 saturated carbocycles. The fourth-order valence-corrected chi connectivity index (χ4v) is 3.29. The molecule has 1 aromatic heterocycles. The van der Waals surface area contributed by atoms with Crippen LogP contribution in [0.15, 0.2) is 73.1 Å². The van der Waals surface area contributed by atoms with Crippen LogP contribution in [0, 0.1) is 0 Å². The van der Waals surface area contributed by atoms with Crippen LogP contribution in [0.2, 0.25) is 0 Å². The molecule has 2 aromatic carbocycles. The van der Waals surface area contributed by atoms with E-state index in [1.54, 1.807) is 31.5 Å². The zero-order valence-corrected chi connectivity index (χ0v) is 17.7. The molecule has 0 aliphatic rings. The Bertz CT molecular complexity index is 1160. The fraction of sp³-hybridized carbons (Fsp3) is 0.182. The van der Waals surface area contributed by atoms with E-state index in [1.165, 1.54) is 12.1 Å². The molecular formula is C22H19F3N2O4S. The second-order valence-electron chi connectivity index (χ2n) is 6.99. The molecule has 1 unspecified atom stereocenters. The van der Waals surface area contributed by atoms with Crippen LogP contribution >= 0.6 is 0 Å². The van der Waals surface area contributed by atoms with E-state index in [2.05, 4.69) is 14.5 Å². The normalized spacial score (nSPS) is 12.8. The van der Waals surface area contributed by atoms with Crippen LogP contribution in [0.4, 0.5) is 18.9 Å². The summed E-state index contributed by atoms with van der Waals surface area (Å²) in [6.45, 7) is 1.62. The zero-order valence-electron chi connectivity index (χ0n) is 16.8. The molecule has 32 heavy (non-hydrogen) atoms. The maximum absolute atomic E-state index is 12.5. The van der Waals surface area contributed by atoms with Gasteiger partial charge in [0, 0.05) is 18.1 Å². The van der Waals surface area contributed by atoms with Gasteiger partial charge in [0.05, 0.1) is 5.92 Å². The first-order chi connectivity index (χ1) is 15.0. The molecule has 10 heteroatoms. The Morgan fingerprint density at radius 3 is 2.09 bits per heavy atom. The van der Waals surface area contributed by atoms with E-state index in [9.17, 15) is 26.4 Å². The zero-order chi connectivity index (χ0) is 23.4. The Morgan fingerprint density at radius 2 is 1.53 bits per heavy atom. The molecule has 1 amide bonds. The van der Waals surface area contributed by atoms with Crippen LogP contribution in [-0.4, -0.2) is 24.8 Å². The van der Waals surface area contributed by atoms with Crippen LogP contribution in [-0.2, 0) is 21.3 Å². The van der Waals surface area contributed by atoms with Crippen molar-refractivity contribution in [1.29, 1.82) is 0 Å². The molecule has 0 aliphatic carbocycles. The number of aromatic nitrogens is 1. The Balaban J connectivity index is 1.60. The molecule has 0 saturated heterocycles. The molecule has 1 atom stereocenters. The second-order valence-corrected chi connectivity index (χ2v) is 8.53. The highest BCUT2D eigenvalue weighted by Gasteiger charge is 2.48. The van der Waals surface area contributed by atoms with Crippen molar-refractivity contribution in [2.45, 2.75) is 24.8 Å². The SMILES string of the molecule is CC(C(=O)Nc1ccc(Cc2ccncc2)cc1)c1ccc(OS(=O)(=O)C(F)(F)F)cc1. The highest BCUT2D eigenvalue weighted by Crippen LogP contribution is 2.28. The lowest BCUT2D eigenvalue weighted by molar-refractivity contribution is -0.117. The van der Waals surface area contributed by atoms with Gasteiger partial charge in [-0.25, -0.2) is 0 Å². The van der Waals surface area contributed by atoms with Crippen molar-refractivity contribution in [2.24, 2.45) is 0 Å². The summed E-state index contributed by atoms with van der Waals surface area (Å²) in [5.74, 6) is -1.47. The summed E-state index contributed by atoms with van der Waals surface area (Å²) in [7, 11) is -5.75. The Kier molecular flexibility index (Phi) is 6.83. The maximum atomic E-state index is 12.5. The van der Waals surface area contributed by atoms with E-state index in [0.29, 0.717) is 11.3 Å². The van der Waals surface area contributed by atoms with Gasteiger partial charge in [-0.05, 0) is 66.4 Å². The maximum Gasteiger partial charge on any atom is 0.534 e. The first-order valence-electron chi connectivity index (χ1n) is 9.44. The molecule has 0 aliphatic heterocycles. The first-order valence-corrected chi connectivity index (χ1v) is 10.9. The van der Waals surface area contributed by atoms with Crippen molar-refractivity contribution in [3.63, 3.8) is 0 Å². The molecule has 3 rings (SSSR count). The van der Waals surface area contributed by atoms with Crippen LogP contribution in [0.25, 0.3) is 0 Å². The third-order valence-corrected chi connectivity index (χ3v) is 5.62. The largest absolute Gasteiger partial charge is 0.534 e. The van der Waals surface area contributed by atoms with Crippen molar-refractivity contribution in [3.05, 3.63) is 89.7 Å². The summed E-state index contributed by atoms with van der Waals surface area (Å²) >= 11 is 0. The third-order valence-electron chi connectivity index (χ3n) is 4.64. The van der Waals surface area contributed by atoms with Gasteiger partial charge < -0.3 is 9.50 Å². The van der Waals surface area contributed by atoms with Crippen LogP contribution in [0.5, 0.6) is 5.75 Å². The number of hydrogen-bond acceptors (Lipinski definition) is 5. The van der Waals surface area contributed by atoms with Crippen LogP contribution in [0.3, 0.4) is 0 Å². The number of benzene rings is 2.